The first-order chi connectivity index (χ1) is 15.9. The third-order valence-electron chi connectivity index (χ3n) is 5.13. The maximum atomic E-state index is 13.5. The number of unbranched alkanes of at least 4 members (excludes halogenated alkanes) is 1. The van der Waals surface area contributed by atoms with Gasteiger partial charge >= 0.3 is 0 Å². The van der Waals surface area contributed by atoms with Crippen molar-refractivity contribution in [1.29, 1.82) is 0 Å². The van der Waals surface area contributed by atoms with Crippen LogP contribution in [0.25, 0.3) is 0 Å². The van der Waals surface area contributed by atoms with Gasteiger partial charge in [0.25, 0.3) is 0 Å². The van der Waals surface area contributed by atoms with Crippen molar-refractivity contribution in [2.24, 2.45) is 0 Å². The molecule has 1 atom stereocenters. The van der Waals surface area contributed by atoms with E-state index in [1.54, 1.807) is 49.4 Å². The first-order valence-electron chi connectivity index (χ1n) is 10.7. The molecular formula is C23H28BrCl2N3O4S. The van der Waals surface area contributed by atoms with Gasteiger partial charge in [-0.2, -0.15) is 0 Å². The highest BCUT2D eigenvalue weighted by Gasteiger charge is 2.30. The van der Waals surface area contributed by atoms with E-state index in [1.165, 1.54) is 4.90 Å². The van der Waals surface area contributed by atoms with Crippen LogP contribution in [0.3, 0.4) is 0 Å². The number of amides is 2. The summed E-state index contributed by atoms with van der Waals surface area (Å²) in [6, 6.07) is 10.6. The molecule has 0 radical (unpaired) electrons. The van der Waals surface area contributed by atoms with Crippen LogP contribution < -0.4 is 9.62 Å². The third kappa shape index (κ3) is 8.15. The molecule has 0 spiro atoms. The van der Waals surface area contributed by atoms with Gasteiger partial charge in [-0.05, 0) is 49.2 Å². The molecule has 0 saturated carbocycles. The number of benzene rings is 2. The standard InChI is InChI=1S/C23H28BrCl2N3O4S/c1-4-5-11-27-23(31)16(2)28(14-17-9-10-19(25)13-21(17)26)22(30)15-29(34(3,32)33)20-8-6-7-18(24)12-20/h6-10,12-13,16H,4-5,11,14-15H2,1-3H3,(H,27,31)/t16-/m0/s1. The van der Waals surface area contributed by atoms with Gasteiger partial charge in [0.1, 0.15) is 12.6 Å². The highest BCUT2D eigenvalue weighted by atomic mass is 79.9. The Hall–Kier alpha value is -1.81. The molecule has 0 heterocycles. The molecule has 2 rings (SSSR count). The van der Waals surface area contributed by atoms with Crippen LogP contribution in [0, 0.1) is 0 Å². The van der Waals surface area contributed by atoms with Gasteiger partial charge in [0.2, 0.25) is 21.8 Å². The van der Waals surface area contributed by atoms with Crippen LogP contribution in [-0.2, 0) is 26.2 Å². The zero-order valence-corrected chi connectivity index (χ0v) is 23.1. The van der Waals surface area contributed by atoms with Crippen LogP contribution in [0.2, 0.25) is 10.0 Å². The second kappa shape index (κ2) is 12.8. The van der Waals surface area contributed by atoms with E-state index in [0.29, 0.717) is 32.3 Å². The van der Waals surface area contributed by atoms with Crippen LogP contribution in [-0.4, -0.2) is 50.5 Å². The second-order valence-electron chi connectivity index (χ2n) is 7.83. The number of anilines is 1. The molecule has 2 aromatic rings. The number of rotatable bonds is 11. The Balaban J connectivity index is 2.38. The summed E-state index contributed by atoms with van der Waals surface area (Å²) >= 11 is 15.6. The summed E-state index contributed by atoms with van der Waals surface area (Å²) in [5, 5.41) is 3.61. The van der Waals surface area contributed by atoms with Gasteiger partial charge < -0.3 is 10.2 Å². The quantitative estimate of drug-likeness (QED) is 0.378. The van der Waals surface area contributed by atoms with Crippen molar-refractivity contribution in [2.75, 3.05) is 23.7 Å². The molecule has 0 fully saturated rings. The Morgan fingerprint density at radius 1 is 1.15 bits per heavy atom. The lowest BCUT2D eigenvalue weighted by molar-refractivity contribution is -0.139. The summed E-state index contributed by atoms with van der Waals surface area (Å²) in [6.45, 7) is 3.62. The Labute approximate surface area is 219 Å². The van der Waals surface area contributed by atoms with E-state index in [1.807, 2.05) is 6.92 Å². The third-order valence-corrected chi connectivity index (χ3v) is 7.35. The molecular weight excluding hydrogens is 565 g/mol. The van der Waals surface area contributed by atoms with Crippen molar-refractivity contribution in [2.45, 2.75) is 39.3 Å². The van der Waals surface area contributed by atoms with Crippen LogP contribution in [0.5, 0.6) is 0 Å². The van der Waals surface area contributed by atoms with Crippen molar-refractivity contribution in [3.8, 4) is 0 Å². The molecule has 0 aliphatic carbocycles. The number of halogens is 3. The van der Waals surface area contributed by atoms with E-state index < -0.39 is 28.5 Å². The summed E-state index contributed by atoms with van der Waals surface area (Å²) in [5.74, 6) is -0.880. The molecule has 7 nitrogen and oxygen atoms in total. The number of hydrogen-bond acceptors (Lipinski definition) is 4. The van der Waals surface area contributed by atoms with E-state index >= 15 is 0 Å². The van der Waals surface area contributed by atoms with Gasteiger partial charge in [-0.3, -0.25) is 13.9 Å². The SMILES string of the molecule is CCCCNC(=O)[C@H](C)N(Cc1ccc(Cl)cc1Cl)C(=O)CN(c1cccc(Br)c1)S(C)(=O)=O. The maximum absolute atomic E-state index is 13.5. The molecule has 0 unspecified atom stereocenters. The molecule has 2 amide bonds. The van der Waals surface area contributed by atoms with E-state index in [0.717, 1.165) is 23.4 Å². The van der Waals surface area contributed by atoms with Crippen molar-refractivity contribution in [3.63, 3.8) is 0 Å². The first kappa shape index (κ1) is 28.4. The number of nitrogens with one attached hydrogen (secondary N) is 1. The largest absolute Gasteiger partial charge is 0.354 e. The number of sulfonamides is 1. The lowest BCUT2D eigenvalue weighted by Crippen LogP contribution is -2.51. The average molecular weight is 593 g/mol. The Bertz CT molecular complexity index is 1130. The smallest absolute Gasteiger partial charge is 0.244 e. The maximum Gasteiger partial charge on any atom is 0.244 e. The van der Waals surface area contributed by atoms with E-state index in [-0.39, 0.29) is 12.5 Å². The van der Waals surface area contributed by atoms with Crippen LogP contribution >= 0.6 is 39.1 Å². The summed E-state index contributed by atoms with van der Waals surface area (Å²) in [7, 11) is -3.79. The van der Waals surface area contributed by atoms with Gasteiger partial charge in [0.15, 0.2) is 0 Å². The Morgan fingerprint density at radius 2 is 1.85 bits per heavy atom. The zero-order chi connectivity index (χ0) is 25.5. The molecule has 11 heteroatoms. The summed E-state index contributed by atoms with van der Waals surface area (Å²) in [6.07, 6.45) is 2.75. The van der Waals surface area contributed by atoms with Crippen LogP contribution in [0.15, 0.2) is 46.9 Å². The normalized spacial score (nSPS) is 12.2. The van der Waals surface area contributed by atoms with Gasteiger partial charge in [-0.1, -0.05) is 64.6 Å². The van der Waals surface area contributed by atoms with Gasteiger partial charge in [0, 0.05) is 27.6 Å². The van der Waals surface area contributed by atoms with Gasteiger partial charge in [-0.15, -0.1) is 0 Å². The molecule has 1 N–H and O–H groups in total. The molecule has 2 aromatic carbocycles. The van der Waals surface area contributed by atoms with E-state index in [2.05, 4.69) is 21.2 Å². The highest BCUT2D eigenvalue weighted by Crippen LogP contribution is 2.25. The number of hydrogen-bond donors (Lipinski definition) is 1. The second-order valence-corrected chi connectivity index (χ2v) is 11.5. The number of nitrogens with zero attached hydrogens (tertiary/aromatic N) is 2. The van der Waals surface area contributed by atoms with Crippen molar-refractivity contribution in [3.05, 3.63) is 62.5 Å². The van der Waals surface area contributed by atoms with E-state index in [9.17, 15) is 18.0 Å². The van der Waals surface area contributed by atoms with Gasteiger partial charge in [-0.25, -0.2) is 8.42 Å². The molecule has 0 aliphatic heterocycles. The van der Waals surface area contributed by atoms with Gasteiger partial charge in [0.05, 0.1) is 11.9 Å². The monoisotopic (exact) mass is 591 g/mol. The minimum absolute atomic E-state index is 0.00723. The number of carbonyl (C=O) groups is 2. The van der Waals surface area contributed by atoms with Crippen molar-refractivity contribution in [1.82, 2.24) is 10.2 Å². The predicted molar refractivity (Wildman–Crippen MR) is 141 cm³/mol. The van der Waals surface area contributed by atoms with Crippen molar-refractivity contribution < 1.29 is 18.0 Å². The Morgan fingerprint density at radius 3 is 2.44 bits per heavy atom. The summed E-state index contributed by atoms with van der Waals surface area (Å²) < 4.78 is 26.8. The Kier molecular flexibility index (Phi) is 10.7. The van der Waals surface area contributed by atoms with E-state index in [4.69, 9.17) is 23.2 Å². The molecule has 0 bridgehead atoms. The fraction of sp³-hybridized carbons (Fsp3) is 0.391. The van der Waals surface area contributed by atoms with Crippen LogP contribution in [0.1, 0.15) is 32.3 Å². The first-order valence-corrected chi connectivity index (χ1v) is 14.1. The molecule has 34 heavy (non-hydrogen) atoms. The predicted octanol–water partition coefficient (Wildman–Crippen LogP) is 4.86. The lowest BCUT2D eigenvalue weighted by atomic mass is 10.1. The fourth-order valence-corrected chi connectivity index (χ4v) is 4.89. The minimum Gasteiger partial charge on any atom is -0.354 e. The average Bonchev–Trinajstić information content (AvgIpc) is 2.75. The minimum atomic E-state index is -3.79. The summed E-state index contributed by atoms with van der Waals surface area (Å²) in [5.41, 5.74) is 0.913. The number of carbonyl (C=O) groups excluding carboxylic acids is 2. The molecule has 0 aromatic heterocycles. The lowest BCUT2D eigenvalue weighted by Gasteiger charge is -2.31. The molecule has 0 saturated heterocycles. The topological polar surface area (TPSA) is 86.8 Å². The fourth-order valence-electron chi connectivity index (χ4n) is 3.20. The molecule has 186 valence electrons. The zero-order valence-electron chi connectivity index (χ0n) is 19.2. The molecule has 0 aliphatic rings. The highest BCUT2D eigenvalue weighted by molar-refractivity contribution is 9.10. The van der Waals surface area contributed by atoms with Crippen LogP contribution in [0.4, 0.5) is 5.69 Å². The summed E-state index contributed by atoms with van der Waals surface area (Å²) in [4.78, 5) is 27.6. The van der Waals surface area contributed by atoms with Crippen molar-refractivity contribution >= 4 is 66.7 Å².